The zero-order valence-electron chi connectivity index (χ0n) is 10.5. The first-order valence-electron chi connectivity index (χ1n) is 5.72. The van der Waals surface area contributed by atoms with E-state index in [0.29, 0.717) is 6.54 Å². The first-order chi connectivity index (χ1) is 8.52. The second-order valence-corrected chi connectivity index (χ2v) is 5.24. The molecule has 18 heavy (non-hydrogen) atoms. The first-order valence-corrected chi connectivity index (χ1v) is 6.64. The summed E-state index contributed by atoms with van der Waals surface area (Å²) in [4.78, 5) is 10.8. The lowest BCUT2D eigenvalue weighted by Crippen LogP contribution is -2.36. The van der Waals surface area contributed by atoms with Gasteiger partial charge in [0.05, 0.1) is 7.11 Å². The van der Waals surface area contributed by atoms with Crippen LogP contribution in [-0.2, 0) is 16.0 Å². The van der Waals surface area contributed by atoms with Gasteiger partial charge >= 0.3 is 5.97 Å². The van der Waals surface area contributed by atoms with E-state index in [4.69, 9.17) is 0 Å². The van der Waals surface area contributed by atoms with Gasteiger partial charge in [0.2, 0.25) is 0 Å². The third kappa shape index (κ3) is 5.14. The number of halogens is 2. The van der Waals surface area contributed by atoms with Crippen molar-refractivity contribution in [3.05, 3.63) is 35.6 Å². The quantitative estimate of drug-likeness (QED) is 0.646. The summed E-state index contributed by atoms with van der Waals surface area (Å²) in [6.45, 7) is 2.51. The van der Waals surface area contributed by atoms with Crippen molar-refractivity contribution < 1.29 is 13.9 Å². The number of esters is 1. The van der Waals surface area contributed by atoms with Gasteiger partial charge in [0.25, 0.3) is 0 Å². The van der Waals surface area contributed by atoms with Crippen molar-refractivity contribution in [1.29, 1.82) is 0 Å². The molecule has 1 N–H and O–H groups in total. The van der Waals surface area contributed by atoms with Crippen LogP contribution in [0.5, 0.6) is 0 Å². The lowest BCUT2D eigenvalue weighted by atomic mass is 10.1. The van der Waals surface area contributed by atoms with E-state index in [1.54, 1.807) is 12.1 Å². The summed E-state index contributed by atoms with van der Waals surface area (Å²) < 4.78 is 17.3. The van der Waals surface area contributed by atoms with Gasteiger partial charge in [0.1, 0.15) is 10.6 Å². The molecular formula is C13H17BrFNO2. The number of nitrogens with one attached hydrogen (secondary N) is 1. The Bertz CT molecular complexity index is 383. The Balaban J connectivity index is 2.35. The fourth-order valence-electron chi connectivity index (χ4n) is 1.56. The number of methoxy groups -OCH3 is 1. The zero-order valence-corrected chi connectivity index (χ0v) is 12.0. The van der Waals surface area contributed by atoms with E-state index in [1.807, 2.05) is 6.92 Å². The minimum Gasteiger partial charge on any atom is -0.468 e. The molecule has 5 heteroatoms. The van der Waals surface area contributed by atoms with Crippen LogP contribution in [0.1, 0.15) is 12.5 Å². The van der Waals surface area contributed by atoms with Crippen molar-refractivity contribution in [2.24, 2.45) is 0 Å². The van der Waals surface area contributed by atoms with Gasteiger partial charge in [-0.1, -0.05) is 28.1 Å². The van der Waals surface area contributed by atoms with Gasteiger partial charge in [0.15, 0.2) is 0 Å². The van der Waals surface area contributed by atoms with E-state index in [2.05, 4.69) is 26.0 Å². The molecule has 3 nitrogen and oxygen atoms in total. The van der Waals surface area contributed by atoms with E-state index in [9.17, 15) is 9.18 Å². The maximum absolute atomic E-state index is 12.7. The summed E-state index contributed by atoms with van der Waals surface area (Å²) in [6, 6.07) is 6.62. The number of ether oxygens (including phenoxy) is 1. The summed E-state index contributed by atoms with van der Waals surface area (Å²) >= 11 is 3.24. The van der Waals surface area contributed by atoms with E-state index < -0.39 is 0 Å². The van der Waals surface area contributed by atoms with Crippen molar-refractivity contribution in [2.75, 3.05) is 13.7 Å². The zero-order chi connectivity index (χ0) is 13.5. The molecule has 1 rings (SSSR count). The molecule has 0 heterocycles. The van der Waals surface area contributed by atoms with Crippen LogP contribution in [0.4, 0.5) is 4.39 Å². The second kappa shape index (κ2) is 7.48. The molecule has 1 aromatic rings. The minimum atomic E-state index is -0.349. The summed E-state index contributed by atoms with van der Waals surface area (Å²) in [5, 5.41) is 3.22. The van der Waals surface area contributed by atoms with Crippen LogP contribution in [-0.4, -0.2) is 30.5 Å². The lowest BCUT2D eigenvalue weighted by Gasteiger charge is -2.15. The third-order valence-corrected chi connectivity index (χ3v) is 3.26. The summed E-state index contributed by atoms with van der Waals surface area (Å²) in [7, 11) is 1.36. The molecule has 0 bridgehead atoms. The average Bonchev–Trinajstić information content (AvgIpc) is 2.37. The fraction of sp³-hybridized carbons (Fsp3) is 0.462. The van der Waals surface area contributed by atoms with Crippen molar-refractivity contribution >= 4 is 21.9 Å². The highest BCUT2D eigenvalue weighted by Crippen LogP contribution is 2.06. The van der Waals surface area contributed by atoms with Crippen molar-refractivity contribution in [3.8, 4) is 0 Å². The minimum absolute atomic E-state index is 0.195. The molecule has 0 aliphatic rings. The molecule has 0 saturated carbocycles. The summed E-state index contributed by atoms with van der Waals surface area (Å²) in [6.07, 6.45) is 0.779. The predicted molar refractivity (Wildman–Crippen MR) is 72.3 cm³/mol. The second-order valence-electron chi connectivity index (χ2n) is 4.13. The molecule has 2 atom stereocenters. The molecule has 0 saturated heterocycles. The Labute approximate surface area is 115 Å². The molecule has 0 aliphatic heterocycles. The van der Waals surface area contributed by atoms with Gasteiger partial charge in [0, 0.05) is 12.6 Å². The van der Waals surface area contributed by atoms with Crippen LogP contribution in [0.25, 0.3) is 0 Å². The van der Waals surface area contributed by atoms with E-state index in [1.165, 1.54) is 19.2 Å². The highest BCUT2D eigenvalue weighted by atomic mass is 79.9. The molecule has 0 radical (unpaired) electrons. The maximum atomic E-state index is 12.7. The van der Waals surface area contributed by atoms with Crippen LogP contribution in [0, 0.1) is 5.82 Å². The molecule has 0 aromatic heterocycles. The van der Waals surface area contributed by atoms with Crippen LogP contribution in [0.3, 0.4) is 0 Å². The maximum Gasteiger partial charge on any atom is 0.320 e. The van der Waals surface area contributed by atoms with E-state index in [-0.39, 0.29) is 22.7 Å². The molecule has 0 fully saturated rings. The Morgan fingerprint density at radius 3 is 2.61 bits per heavy atom. The topological polar surface area (TPSA) is 38.3 Å². The van der Waals surface area contributed by atoms with Gasteiger partial charge in [-0.3, -0.25) is 4.79 Å². The molecule has 0 aliphatic carbocycles. The van der Waals surface area contributed by atoms with Gasteiger partial charge in [-0.15, -0.1) is 0 Å². The van der Waals surface area contributed by atoms with Crippen molar-refractivity contribution in [1.82, 2.24) is 5.32 Å². The molecule has 0 amide bonds. The molecular weight excluding hydrogens is 301 g/mol. The Morgan fingerprint density at radius 2 is 2.06 bits per heavy atom. The Morgan fingerprint density at radius 1 is 1.44 bits per heavy atom. The standard InChI is InChI=1S/C13H17BrFNO2/c1-9(16-8-12(14)13(17)18-2)7-10-3-5-11(15)6-4-10/h3-6,9,12,16H,7-8H2,1-2H3. The number of benzene rings is 1. The van der Waals surface area contributed by atoms with Gasteiger partial charge in [-0.25, -0.2) is 4.39 Å². The molecule has 2 unspecified atom stereocenters. The van der Waals surface area contributed by atoms with E-state index >= 15 is 0 Å². The van der Waals surface area contributed by atoms with Crippen molar-refractivity contribution in [3.63, 3.8) is 0 Å². The highest BCUT2D eigenvalue weighted by molar-refractivity contribution is 9.10. The van der Waals surface area contributed by atoms with Crippen LogP contribution in [0.2, 0.25) is 0 Å². The number of hydrogen-bond acceptors (Lipinski definition) is 3. The number of carbonyl (C=O) groups is 1. The van der Waals surface area contributed by atoms with Crippen LogP contribution < -0.4 is 5.32 Å². The Kier molecular flexibility index (Phi) is 6.29. The molecule has 100 valence electrons. The summed E-state index contributed by atoms with van der Waals surface area (Å²) in [5.74, 6) is -0.526. The predicted octanol–water partition coefficient (Wildman–Crippen LogP) is 2.28. The lowest BCUT2D eigenvalue weighted by molar-refractivity contribution is -0.139. The largest absolute Gasteiger partial charge is 0.468 e. The number of hydrogen-bond donors (Lipinski definition) is 1. The fourth-order valence-corrected chi connectivity index (χ4v) is 1.94. The number of carbonyl (C=O) groups excluding carboxylic acids is 1. The summed E-state index contributed by atoms with van der Waals surface area (Å²) in [5.41, 5.74) is 1.06. The molecule has 1 aromatic carbocycles. The molecule has 0 spiro atoms. The SMILES string of the molecule is COC(=O)C(Br)CNC(C)Cc1ccc(F)cc1. The van der Waals surface area contributed by atoms with Crippen molar-refractivity contribution in [2.45, 2.75) is 24.2 Å². The van der Waals surface area contributed by atoms with E-state index in [0.717, 1.165) is 12.0 Å². The number of rotatable bonds is 6. The highest BCUT2D eigenvalue weighted by Gasteiger charge is 2.15. The Hall–Kier alpha value is -0.940. The third-order valence-electron chi connectivity index (χ3n) is 2.56. The van der Waals surface area contributed by atoms with Crippen LogP contribution in [0.15, 0.2) is 24.3 Å². The average molecular weight is 318 g/mol. The number of alkyl halides is 1. The van der Waals surface area contributed by atoms with Crippen LogP contribution >= 0.6 is 15.9 Å². The monoisotopic (exact) mass is 317 g/mol. The normalized spacial score (nSPS) is 14.0. The van der Waals surface area contributed by atoms with Gasteiger partial charge in [-0.2, -0.15) is 0 Å². The first kappa shape index (κ1) is 15.1. The van der Waals surface area contributed by atoms with Gasteiger partial charge < -0.3 is 10.1 Å². The van der Waals surface area contributed by atoms with Gasteiger partial charge in [-0.05, 0) is 31.0 Å². The smallest absolute Gasteiger partial charge is 0.320 e.